The number of hydrogen-bond acceptors (Lipinski definition) is 3. The highest BCUT2D eigenvalue weighted by Gasteiger charge is 2.09. The number of anilines is 1. The molecule has 5 rings (SSSR count). The summed E-state index contributed by atoms with van der Waals surface area (Å²) in [6.45, 7) is 0. The van der Waals surface area contributed by atoms with Crippen LogP contribution < -0.4 is 5.73 Å². The van der Waals surface area contributed by atoms with Crippen LogP contribution in [-0.4, -0.2) is 15.2 Å². The Labute approximate surface area is 162 Å². The summed E-state index contributed by atoms with van der Waals surface area (Å²) in [5, 5.41) is 10.7. The van der Waals surface area contributed by atoms with Crippen molar-refractivity contribution < 1.29 is 0 Å². The first-order valence-electron chi connectivity index (χ1n) is 9.13. The molecule has 0 unspecified atom stereocenters. The van der Waals surface area contributed by atoms with E-state index >= 15 is 0 Å². The summed E-state index contributed by atoms with van der Waals surface area (Å²) < 4.78 is 0. The average molecular weight is 362 g/mol. The van der Waals surface area contributed by atoms with Gasteiger partial charge in [-0.25, -0.2) is 0 Å². The fourth-order valence-electron chi connectivity index (χ4n) is 3.52. The molecule has 4 heteroatoms. The van der Waals surface area contributed by atoms with Crippen LogP contribution in [0.2, 0.25) is 0 Å². The molecule has 0 saturated heterocycles. The maximum absolute atomic E-state index is 6.13. The first kappa shape index (κ1) is 16.3. The van der Waals surface area contributed by atoms with Gasteiger partial charge < -0.3 is 5.73 Å². The number of aromatic amines is 1. The molecule has 2 heterocycles. The van der Waals surface area contributed by atoms with Crippen molar-refractivity contribution in [2.75, 3.05) is 5.73 Å². The predicted molar refractivity (Wildman–Crippen MR) is 117 cm³/mol. The van der Waals surface area contributed by atoms with E-state index in [1.165, 1.54) is 0 Å². The smallest absolute Gasteiger partial charge is 0.0927 e. The molecule has 0 saturated carbocycles. The summed E-state index contributed by atoms with van der Waals surface area (Å²) in [6, 6.07) is 22.5. The molecule has 28 heavy (non-hydrogen) atoms. The molecule has 0 amide bonds. The zero-order valence-electron chi connectivity index (χ0n) is 15.1. The van der Waals surface area contributed by atoms with Crippen LogP contribution in [0, 0.1) is 0 Å². The van der Waals surface area contributed by atoms with Crippen molar-refractivity contribution in [3.05, 3.63) is 90.4 Å². The van der Waals surface area contributed by atoms with E-state index in [-0.39, 0.29) is 0 Å². The SMILES string of the molecule is Nc1cccc2c(-c3ccc4[nH]nc(C=Cc5ccccc5)c4c3)cncc12. The van der Waals surface area contributed by atoms with Crippen LogP contribution >= 0.6 is 0 Å². The minimum absolute atomic E-state index is 0.739. The lowest BCUT2D eigenvalue weighted by molar-refractivity contribution is 1.11. The van der Waals surface area contributed by atoms with Crippen LogP contribution in [0.15, 0.2) is 79.1 Å². The lowest BCUT2D eigenvalue weighted by Crippen LogP contribution is -1.90. The van der Waals surface area contributed by atoms with Crippen LogP contribution in [-0.2, 0) is 0 Å². The lowest BCUT2D eigenvalue weighted by atomic mass is 9.98. The molecule has 3 aromatic carbocycles. The van der Waals surface area contributed by atoms with Gasteiger partial charge in [-0.15, -0.1) is 0 Å². The topological polar surface area (TPSA) is 67.6 Å². The highest BCUT2D eigenvalue weighted by atomic mass is 15.1. The van der Waals surface area contributed by atoms with E-state index in [0.717, 1.165) is 49.7 Å². The summed E-state index contributed by atoms with van der Waals surface area (Å²) in [7, 11) is 0. The first-order valence-corrected chi connectivity index (χ1v) is 9.13. The van der Waals surface area contributed by atoms with E-state index in [1.54, 1.807) is 0 Å². The summed E-state index contributed by atoms with van der Waals surface area (Å²) in [5.74, 6) is 0. The minimum atomic E-state index is 0.739. The highest BCUT2D eigenvalue weighted by Crippen LogP contribution is 2.32. The minimum Gasteiger partial charge on any atom is -0.398 e. The Bertz CT molecular complexity index is 1320. The molecule has 3 N–H and O–H groups in total. The Balaban J connectivity index is 1.63. The third-order valence-corrected chi connectivity index (χ3v) is 4.97. The van der Waals surface area contributed by atoms with Crippen molar-refractivity contribution in [1.29, 1.82) is 0 Å². The van der Waals surface area contributed by atoms with Crippen molar-refractivity contribution in [1.82, 2.24) is 15.2 Å². The third-order valence-electron chi connectivity index (χ3n) is 4.97. The molecule has 134 valence electrons. The Hall–Kier alpha value is -3.92. The summed E-state index contributed by atoms with van der Waals surface area (Å²) in [6.07, 6.45) is 7.82. The molecular weight excluding hydrogens is 344 g/mol. The second-order valence-electron chi connectivity index (χ2n) is 6.74. The van der Waals surface area contributed by atoms with Gasteiger partial charge in [0.2, 0.25) is 0 Å². The maximum Gasteiger partial charge on any atom is 0.0927 e. The van der Waals surface area contributed by atoms with Crippen molar-refractivity contribution in [3.63, 3.8) is 0 Å². The van der Waals surface area contributed by atoms with Gasteiger partial charge >= 0.3 is 0 Å². The molecule has 0 aliphatic carbocycles. The quantitative estimate of drug-likeness (QED) is 0.415. The Morgan fingerprint density at radius 2 is 1.68 bits per heavy atom. The van der Waals surface area contributed by atoms with Gasteiger partial charge in [-0.3, -0.25) is 10.1 Å². The van der Waals surface area contributed by atoms with Crippen LogP contribution in [0.4, 0.5) is 5.69 Å². The molecule has 0 bridgehead atoms. The normalized spacial score (nSPS) is 11.6. The average Bonchev–Trinajstić information content (AvgIpc) is 3.15. The highest BCUT2D eigenvalue weighted by molar-refractivity contribution is 6.03. The number of nitrogens with one attached hydrogen (secondary N) is 1. The van der Waals surface area contributed by atoms with E-state index in [4.69, 9.17) is 5.73 Å². The Morgan fingerprint density at radius 3 is 2.57 bits per heavy atom. The largest absolute Gasteiger partial charge is 0.398 e. The van der Waals surface area contributed by atoms with Crippen LogP contribution in [0.3, 0.4) is 0 Å². The van der Waals surface area contributed by atoms with Gasteiger partial charge in [0.15, 0.2) is 0 Å². The molecule has 4 nitrogen and oxygen atoms in total. The fourth-order valence-corrected chi connectivity index (χ4v) is 3.52. The first-order chi connectivity index (χ1) is 13.8. The van der Waals surface area contributed by atoms with Gasteiger partial charge in [0.05, 0.1) is 11.2 Å². The number of nitrogens with zero attached hydrogens (tertiary/aromatic N) is 2. The number of H-pyrrole nitrogens is 1. The van der Waals surface area contributed by atoms with E-state index in [1.807, 2.05) is 48.8 Å². The molecule has 0 aliphatic rings. The number of hydrogen-bond donors (Lipinski definition) is 2. The van der Waals surface area contributed by atoms with Crippen LogP contribution in [0.25, 0.3) is 45.0 Å². The molecule has 5 aromatic rings. The predicted octanol–water partition coefficient (Wildman–Crippen LogP) is 5.53. The van der Waals surface area contributed by atoms with E-state index in [0.29, 0.717) is 0 Å². The number of benzene rings is 3. The fraction of sp³-hybridized carbons (Fsp3) is 0. The standard InChI is InChI=1S/C24H18N4/c25-22-8-4-7-18-20(14-26-15-21(18)22)17-10-12-24-19(13-17)23(27-28-24)11-9-16-5-2-1-3-6-16/h1-15H,25H2,(H,27,28). The molecule has 0 aliphatic heterocycles. The van der Waals surface area contributed by atoms with E-state index < -0.39 is 0 Å². The number of fused-ring (bicyclic) bond motifs is 2. The van der Waals surface area contributed by atoms with Gasteiger partial charge in [0.1, 0.15) is 0 Å². The van der Waals surface area contributed by atoms with Crippen molar-refractivity contribution in [2.24, 2.45) is 0 Å². The maximum atomic E-state index is 6.13. The molecule has 0 atom stereocenters. The summed E-state index contributed by atoms with van der Waals surface area (Å²) in [5.41, 5.74) is 12.1. The molecular formula is C24H18N4. The zero-order valence-corrected chi connectivity index (χ0v) is 15.1. The Morgan fingerprint density at radius 1 is 0.786 bits per heavy atom. The third kappa shape index (κ3) is 2.81. The number of pyridine rings is 1. The van der Waals surface area contributed by atoms with Crippen molar-refractivity contribution >= 4 is 39.5 Å². The molecule has 0 radical (unpaired) electrons. The van der Waals surface area contributed by atoms with Gasteiger partial charge in [-0.05, 0) is 40.8 Å². The number of nitrogen functional groups attached to an aromatic ring is 1. The molecule has 2 aromatic heterocycles. The number of nitrogens with two attached hydrogens (primary N) is 1. The Kier molecular flexibility index (Phi) is 3.87. The molecule has 0 spiro atoms. The van der Waals surface area contributed by atoms with Crippen LogP contribution in [0.5, 0.6) is 0 Å². The monoisotopic (exact) mass is 362 g/mol. The van der Waals surface area contributed by atoms with E-state index in [2.05, 4.69) is 57.7 Å². The van der Waals surface area contributed by atoms with Gasteiger partial charge in [0.25, 0.3) is 0 Å². The van der Waals surface area contributed by atoms with Crippen LogP contribution in [0.1, 0.15) is 11.3 Å². The zero-order chi connectivity index (χ0) is 18.9. The van der Waals surface area contributed by atoms with E-state index in [9.17, 15) is 0 Å². The summed E-state index contributed by atoms with van der Waals surface area (Å²) >= 11 is 0. The van der Waals surface area contributed by atoms with Gasteiger partial charge in [-0.2, -0.15) is 5.10 Å². The second kappa shape index (κ2) is 6.67. The molecule has 0 fully saturated rings. The van der Waals surface area contributed by atoms with Gasteiger partial charge in [-0.1, -0.05) is 54.6 Å². The second-order valence-corrected chi connectivity index (χ2v) is 6.74. The summed E-state index contributed by atoms with van der Waals surface area (Å²) in [4.78, 5) is 4.40. The number of rotatable bonds is 3. The number of aromatic nitrogens is 3. The van der Waals surface area contributed by atoms with Crippen molar-refractivity contribution in [3.8, 4) is 11.1 Å². The lowest BCUT2D eigenvalue weighted by Gasteiger charge is -2.08. The van der Waals surface area contributed by atoms with Gasteiger partial charge in [0, 0.05) is 34.4 Å². The van der Waals surface area contributed by atoms with Crippen molar-refractivity contribution in [2.45, 2.75) is 0 Å².